The molecular weight excluding hydrogens is 422 g/mol. The fraction of sp³-hybridized carbons (Fsp3) is 0.0625. The van der Waals surface area contributed by atoms with E-state index in [1.54, 1.807) is 0 Å². The first-order valence-corrected chi connectivity index (χ1v) is 9.00. The highest BCUT2D eigenvalue weighted by molar-refractivity contribution is 9.10. The SMILES string of the molecule is Cc1ccc(Nc2nc(-c3cc(F)c(Cl)cc3Cl)cs2)c(Br)c1. The summed E-state index contributed by atoms with van der Waals surface area (Å²) in [4.78, 5) is 4.46. The zero-order valence-corrected chi connectivity index (χ0v) is 15.7. The molecule has 7 heteroatoms. The summed E-state index contributed by atoms with van der Waals surface area (Å²) in [7, 11) is 0. The third kappa shape index (κ3) is 3.69. The number of nitrogens with one attached hydrogen (secondary N) is 1. The van der Waals surface area contributed by atoms with Crippen molar-refractivity contribution in [1.82, 2.24) is 4.98 Å². The Labute approximate surface area is 155 Å². The van der Waals surface area contributed by atoms with Crippen molar-refractivity contribution < 1.29 is 4.39 Å². The van der Waals surface area contributed by atoms with Crippen molar-refractivity contribution in [3.05, 3.63) is 61.6 Å². The first-order chi connectivity index (χ1) is 10.9. The van der Waals surface area contributed by atoms with E-state index >= 15 is 0 Å². The molecule has 1 N–H and O–H groups in total. The van der Waals surface area contributed by atoms with E-state index in [4.69, 9.17) is 23.2 Å². The lowest BCUT2D eigenvalue weighted by molar-refractivity contribution is 0.629. The number of halogens is 4. The van der Waals surface area contributed by atoms with Gasteiger partial charge in [-0.2, -0.15) is 0 Å². The van der Waals surface area contributed by atoms with Gasteiger partial charge in [-0.05, 0) is 52.7 Å². The van der Waals surface area contributed by atoms with Gasteiger partial charge in [-0.3, -0.25) is 0 Å². The molecule has 118 valence electrons. The third-order valence-corrected chi connectivity index (χ3v) is 5.17. The van der Waals surface area contributed by atoms with Crippen LogP contribution in [0.1, 0.15) is 5.56 Å². The second kappa shape index (κ2) is 6.77. The van der Waals surface area contributed by atoms with Gasteiger partial charge in [-0.1, -0.05) is 29.3 Å². The Kier molecular flexibility index (Phi) is 4.92. The molecule has 0 amide bonds. The normalized spacial score (nSPS) is 10.8. The molecule has 0 saturated heterocycles. The van der Waals surface area contributed by atoms with Gasteiger partial charge in [0.2, 0.25) is 0 Å². The maximum absolute atomic E-state index is 13.7. The predicted molar refractivity (Wildman–Crippen MR) is 99.7 cm³/mol. The van der Waals surface area contributed by atoms with E-state index in [0.717, 1.165) is 15.7 Å². The van der Waals surface area contributed by atoms with Crippen LogP contribution in [0.4, 0.5) is 15.2 Å². The molecule has 0 aliphatic carbocycles. The Morgan fingerprint density at radius 1 is 1.17 bits per heavy atom. The number of nitrogens with zero attached hydrogens (tertiary/aromatic N) is 1. The Bertz CT molecular complexity index is 883. The molecule has 1 aromatic heterocycles. The summed E-state index contributed by atoms with van der Waals surface area (Å²) in [5, 5.41) is 6.10. The summed E-state index contributed by atoms with van der Waals surface area (Å²) in [5.74, 6) is -0.519. The molecule has 3 aromatic rings. The van der Waals surface area contributed by atoms with E-state index in [2.05, 4.69) is 26.2 Å². The summed E-state index contributed by atoms with van der Waals surface area (Å²) >= 11 is 16.8. The van der Waals surface area contributed by atoms with Crippen molar-refractivity contribution >= 4 is 61.3 Å². The minimum atomic E-state index is -0.519. The maximum atomic E-state index is 13.7. The topological polar surface area (TPSA) is 24.9 Å². The van der Waals surface area contributed by atoms with Crippen LogP contribution in [0, 0.1) is 12.7 Å². The van der Waals surface area contributed by atoms with Crippen LogP contribution in [-0.2, 0) is 0 Å². The Morgan fingerprint density at radius 3 is 2.70 bits per heavy atom. The van der Waals surface area contributed by atoms with E-state index in [0.29, 0.717) is 21.4 Å². The van der Waals surface area contributed by atoms with Gasteiger partial charge in [-0.15, -0.1) is 11.3 Å². The number of aryl methyl sites for hydroxylation is 1. The average molecular weight is 432 g/mol. The molecule has 1 heterocycles. The van der Waals surface area contributed by atoms with Crippen molar-refractivity contribution in [3.63, 3.8) is 0 Å². The van der Waals surface area contributed by atoms with Gasteiger partial charge in [0.25, 0.3) is 0 Å². The third-order valence-electron chi connectivity index (χ3n) is 3.16. The molecule has 0 radical (unpaired) electrons. The van der Waals surface area contributed by atoms with E-state index in [1.165, 1.54) is 23.5 Å². The minimum Gasteiger partial charge on any atom is -0.331 e. The lowest BCUT2D eigenvalue weighted by Gasteiger charge is -2.06. The van der Waals surface area contributed by atoms with Crippen LogP contribution in [0.25, 0.3) is 11.3 Å². The summed E-state index contributed by atoms with van der Waals surface area (Å²) in [5.41, 5.74) is 3.18. The van der Waals surface area contributed by atoms with Gasteiger partial charge in [-0.25, -0.2) is 9.37 Å². The molecule has 2 aromatic carbocycles. The van der Waals surface area contributed by atoms with Gasteiger partial charge in [0, 0.05) is 15.4 Å². The molecule has 0 fully saturated rings. The number of aromatic nitrogens is 1. The lowest BCUT2D eigenvalue weighted by Crippen LogP contribution is -1.91. The molecule has 2 nitrogen and oxygen atoms in total. The minimum absolute atomic E-state index is 0.00378. The van der Waals surface area contributed by atoms with Gasteiger partial charge >= 0.3 is 0 Å². The van der Waals surface area contributed by atoms with Gasteiger partial charge in [0.15, 0.2) is 5.13 Å². The highest BCUT2D eigenvalue weighted by atomic mass is 79.9. The van der Waals surface area contributed by atoms with Crippen LogP contribution in [0.15, 0.2) is 40.2 Å². The molecular formula is C16H10BrCl2FN2S. The van der Waals surface area contributed by atoms with E-state index in [-0.39, 0.29) is 5.02 Å². The van der Waals surface area contributed by atoms with Crippen LogP contribution in [0.2, 0.25) is 10.0 Å². The quantitative estimate of drug-likeness (QED) is 0.448. The Balaban J connectivity index is 1.90. The standard InChI is InChI=1S/C16H10BrCl2FN2S/c1-8-2-3-14(10(17)4-8)21-16-22-15(7-23-16)9-5-13(20)12(19)6-11(9)18/h2-7H,1H3,(H,21,22). The lowest BCUT2D eigenvalue weighted by atomic mass is 10.2. The number of hydrogen-bond donors (Lipinski definition) is 1. The number of hydrogen-bond acceptors (Lipinski definition) is 3. The van der Waals surface area contributed by atoms with Crippen molar-refractivity contribution in [2.45, 2.75) is 6.92 Å². The van der Waals surface area contributed by atoms with Gasteiger partial charge < -0.3 is 5.32 Å². The molecule has 0 saturated carbocycles. The Hall–Kier alpha value is -1.14. The van der Waals surface area contributed by atoms with Crippen molar-refractivity contribution in [2.24, 2.45) is 0 Å². The zero-order valence-electron chi connectivity index (χ0n) is 11.8. The first-order valence-electron chi connectivity index (χ1n) is 6.57. The Morgan fingerprint density at radius 2 is 1.96 bits per heavy atom. The molecule has 0 aliphatic heterocycles. The van der Waals surface area contributed by atoms with Gasteiger partial charge in [0.1, 0.15) is 5.82 Å². The first kappa shape index (κ1) is 16.7. The molecule has 23 heavy (non-hydrogen) atoms. The molecule has 0 spiro atoms. The zero-order chi connectivity index (χ0) is 16.6. The smallest absolute Gasteiger partial charge is 0.187 e. The van der Waals surface area contributed by atoms with Crippen molar-refractivity contribution in [1.29, 1.82) is 0 Å². The summed E-state index contributed by atoms with van der Waals surface area (Å²) in [6.07, 6.45) is 0. The molecule has 0 aliphatic rings. The van der Waals surface area contributed by atoms with Crippen molar-refractivity contribution in [2.75, 3.05) is 5.32 Å². The number of rotatable bonds is 3. The molecule has 0 atom stereocenters. The van der Waals surface area contributed by atoms with Gasteiger partial charge in [0.05, 0.1) is 21.4 Å². The van der Waals surface area contributed by atoms with E-state index < -0.39 is 5.82 Å². The molecule has 0 unspecified atom stereocenters. The predicted octanol–water partition coefficient (Wildman–Crippen LogP) is 7.07. The highest BCUT2D eigenvalue weighted by Crippen LogP contribution is 2.35. The van der Waals surface area contributed by atoms with E-state index in [9.17, 15) is 4.39 Å². The summed E-state index contributed by atoms with van der Waals surface area (Å²) < 4.78 is 14.6. The highest BCUT2D eigenvalue weighted by Gasteiger charge is 2.13. The fourth-order valence-electron chi connectivity index (χ4n) is 2.01. The second-order valence-corrected chi connectivity index (χ2v) is 7.42. The maximum Gasteiger partial charge on any atom is 0.187 e. The van der Waals surface area contributed by atoms with Crippen LogP contribution < -0.4 is 5.32 Å². The largest absolute Gasteiger partial charge is 0.331 e. The summed E-state index contributed by atoms with van der Waals surface area (Å²) in [6, 6.07) is 8.67. The van der Waals surface area contributed by atoms with Crippen molar-refractivity contribution in [3.8, 4) is 11.3 Å². The average Bonchev–Trinajstić information content (AvgIpc) is 2.94. The van der Waals surface area contributed by atoms with E-state index in [1.807, 2.05) is 30.5 Å². The van der Waals surface area contributed by atoms with Crippen LogP contribution in [-0.4, -0.2) is 4.98 Å². The number of anilines is 2. The van der Waals surface area contributed by atoms with Crippen LogP contribution in [0.5, 0.6) is 0 Å². The van der Waals surface area contributed by atoms with Crippen LogP contribution in [0.3, 0.4) is 0 Å². The number of benzene rings is 2. The molecule has 0 bridgehead atoms. The number of thiazole rings is 1. The fourth-order valence-corrected chi connectivity index (χ4v) is 3.81. The second-order valence-electron chi connectivity index (χ2n) is 4.89. The summed E-state index contributed by atoms with van der Waals surface area (Å²) in [6.45, 7) is 2.02. The molecule has 3 rings (SSSR count). The monoisotopic (exact) mass is 430 g/mol. The van der Waals surface area contributed by atoms with Crippen LogP contribution >= 0.6 is 50.5 Å².